The molecule has 4 rings (SSSR count). The summed E-state index contributed by atoms with van der Waals surface area (Å²) in [5.41, 5.74) is -2.90. The van der Waals surface area contributed by atoms with E-state index in [2.05, 4.69) is 10.0 Å². The first kappa shape index (κ1) is 29.4. The Morgan fingerprint density at radius 3 is 2.18 bits per heavy atom. The molecule has 0 amide bonds. The van der Waals surface area contributed by atoms with Gasteiger partial charge >= 0.3 is 12.4 Å². The highest BCUT2D eigenvalue weighted by molar-refractivity contribution is 7.99. The minimum Gasteiger partial charge on any atom is -0.485 e. The summed E-state index contributed by atoms with van der Waals surface area (Å²) in [6, 6.07) is 11.0. The van der Waals surface area contributed by atoms with Gasteiger partial charge in [0.05, 0.1) is 21.8 Å². The highest BCUT2D eigenvalue weighted by atomic mass is 35.5. The van der Waals surface area contributed by atoms with E-state index in [-0.39, 0.29) is 15.6 Å². The van der Waals surface area contributed by atoms with Crippen LogP contribution in [-0.4, -0.2) is 27.1 Å². The summed E-state index contributed by atoms with van der Waals surface area (Å²) in [6.45, 7) is 2.55. The lowest BCUT2D eigenvalue weighted by Gasteiger charge is -2.27. The lowest BCUT2D eigenvalue weighted by atomic mass is 10.1. The summed E-state index contributed by atoms with van der Waals surface area (Å²) in [5.74, 6) is -0.511. The van der Waals surface area contributed by atoms with Crippen molar-refractivity contribution in [3.8, 4) is 5.75 Å². The van der Waals surface area contributed by atoms with E-state index >= 15 is 0 Å². The summed E-state index contributed by atoms with van der Waals surface area (Å²) >= 11 is 7.29. The molecule has 0 saturated carbocycles. The number of anilines is 1. The SMILES string of the molecule is C[C@@]1(Oc2cc(NS(=O)(=O)c3ccc(Sc4ccc(C(F)(F)F)cc4)cc3Cl)ccc2C(F)(F)F)CCNC1. The number of rotatable bonds is 7. The van der Waals surface area contributed by atoms with Crippen molar-refractivity contribution in [3.63, 3.8) is 0 Å². The Balaban J connectivity index is 1.55. The molecule has 3 aromatic carbocycles. The molecule has 0 spiro atoms. The minimum absolute atomic E-state index is 0.160. The summed E-state index contributed by atoms with van der Waals surface area (Å²) in [7, 11) is -4.33. The fraction of sp³-hybridized carbons (Fsp3) is 0.280. The van der Waals surface area contributed by atoms with E-state index in [0.717, 1.165) is 42.1 Å². The van der Waals surface area contributed by atoms with Gasteiger partial charge in [0, 0.05) is 28.8 Å². The average Bonchev–Trinajstić information content (AvgIpc) is 3.23. The molecule has 0 unspecified atom stereocenters. The fourth-order valence-electron chi connectivity index (χ4n) is 3.87. The van der Waals surface area contributed by atoms with Crippen molar-refractivity contribution >= 4 is 39.1 Å². The third kappa shape index (κ3) is 7.13. The van der Waals surface area contributed by atoms with E-state index in [1.807, 2.05) is 0 Å². The van der Waals surface area contributed by atoms with Crippen LogP contribution in [0, 0.1) is 0 Å². The Bertz CT molecular complexity index is 1460. The van der Waals surface area contributed by atoms with Gasteiger partial charge in [0.15, 0.2) is 0 Å². The number of benzene rings is 3. The molecule has 1 heterocycles. The van der Waals surface area contributed by atoms with E-state index in [9.17, 15) is 34.8 Å². The van der Waals surface area contributed by atoms with Crippen LogP contribution in [0.4, 0.5) is 32.0 Å². The number of hydrogen-bond donors (Lipinski definition) is 2. The minimum atomic E-state index is -4.72. The summed E-state index contributed by atoms with van der Waals surface area (Å²) < 4.78 is 113. The number of halogens is 7. The molecule has 3 aromatic rings. The molecule has 210 valence electrons. The van der Waals surface area contributed by atoms with Gasteiger partial charge in [0.25, 0.3) is 10.0 Å². The second-order valence-electron chi connectivity index (χ2n) is 9.01. The normalized spacial score (nSPS) is 18.3. The Hall–Kier alpha value is -2.61. The van der Waals surface area contributed by atoms with Crippen LogP contribution in [0.1, 0.15) is 24.5 Å². The summed E-state index contributed by atoms with van der Waals surface area (Å²) in [4.78, 5) is 0.592. The summed E-state index contributed by atoms with van der Waals surface area (Å²) in [6.07, 6.45) is -8.73. The van der Waals surface area contributed by atoms with Gasteiger partial charge in [-0.2, -0.15) is 26.3 Å². The van der Waals surface area contributed by atoms with Crippen LogP contribution >= 0.6 is 23.4 Å². The van der Waals surface area contributed by atoms with E-state index in [4.69, 9.17) is 16.3 Å². The maximum absolute atomic E-state index is 13.6. The highest BCUT2D eigenvalue weighted by Gasteiger charge is 2.38. The third-order valence-electron chi connectivity index (χ3n) is 5.84. The Morgan fingerprint density at radius 2 is 1.62 bits per heavy atom. The van der Waals surface area contributed by atoms with Crippen LogP contribution in [0.2, 0.25) is 5.02 Å². The lowest BCUT2D eigenvalue weighted by molar-refractivity contribution is -0.140. The van der Waals surface area contributed by atoms with Crippen LogP contribution in [0.5, 0.6) is 5.75 Å². The second kappa shape index (κ2) is 10.8. The van der Waals surface area contributed by atoms with E-state index in [0.29, 0.717) is 29.3 Å². The van der Waals surface area contributed by atoms with Crippen molar-refractivity contribution in [2.75, 3.05) is 17.8 Å². The van der Waals surface area contributed by atoms with Crippen LogP contribution < -0.4 is 14.8 Å². The lowest BCUT2D eigenvalue weighted by Crippen LogP contribution is -2.35. The van der Waals surface area contributed by atoms with Gasteiger partial charge in [-0.1, -0.05) is 23.4 Å². The first-order chi connectivity index (χ1) is 18.1. The predicted octanol–water partition coefficient (Wildman–Crippen LogP) is 7.46. The molecule has 0 radical (unpaired) electrons. The van der Waals surface area contributed by atoms with Gasteiger partial charge in [-0.3, -0.25) is 4.72 Å². The van der Waals surface area contributed by atoms with Gasteiger partial charge in [-0.25, -0.2) is 8.42 Å². The summed E-state index contributed by atoms with van der Waals surface area (Å²) in [5, 5.41) is 2.83. The number of sulfonamides is 1. The molecule has 1 fully saturated rings. The number of alkyl halides is 6. The molecule has 0 aromatic heterocycles. The first-order valence-corrected chi connectivity index (χ1v) is 14.0. The van der Waals surface area contributed by atoms with E-state index < -0.39 is 44.9 Å². The molecule has 39 heavy (non-hydrogen) atoms. The van der Waals surface area contributed by atoms with Gasteiger partial charge in [0.2, 0.25) is 0 Å². The third-order valence-corrected chi connectivity index (χ3v) is 8.70. The molecule has 1 aliphatic rings. The van der Waals surface area contributed by atoms with Crippen molar-refractivity contribution in [1.82, 2.24) is 5.32 Å². The fourth-order valence-corrected chi connectivity index (χ4v) is 6.39. The molecule has 1 aliphatic heterocycles. The van der Waals surface area contributed by atoms with Crippen molar-refractivity contribution < 1.29 is 39.5 Å². The molecular weight excluding hydrogens is 590 g/mol. The van der Waals surface area contributed by atoms with Crippen LogP contribution in [-0.2, 0) is 22.4 Å². The molecule has 14 heteroatoms. The maximum atomic E-state index is 13.6. The van der Waals surface area contributed by atoms with Gasteiger partial charge in [-0.05, 0) is 68.1 Å². The van der Waals surface area contributed by atoms with Crippen LogP contribution in [0.15, 0.2) is 75.4 Å². The van der Waals surface area contributed by atoms with Gasteiger partial charge < -0.3 is 10.1 Å². The van der Waals surface area contributed by atoms with E-state index in [1.165, 1.54) is 30.3 Å². The maximum Gasteiger partial charge on any atom is 0.419 e. The zero-order chi connectivity index (χ0) is 28.6. The van der Waals surface area contributed by atoms with Crippen molar-refractivity contribution in [2.24, 2.45) is 0 Å². The monoisotopic (exact) mass is 610 g/mol. The van der Waals surface area contributed by atoms with Gasteiger partial charge in [0.1, 0.15) is 16.2 Å². The smallest absolute Gasteiger partial charge is 0.419 e. The topological polar surface area (TPSA) is 67.4 Å². The zero-order valence-electron chi connectivity index (χ0n) is 20.1. The van der Waals surface area contributed by atoms with Crippen molar-refractivity contribution in [2.45, 2.75) is 46.0 Å². The molecule has 0 bridgehead atoms. The number of ether oxygens (including phenoxy) is 1. The molecule has 0 aliphatic carbocycles. The number of hydrogen-bond acceptors (Lipinski definition) is 5. The Labute approximate surface area is 229 Å². The Morgan fingerprint density at radius 1 is 0.949 bits per heavy atom. The van der Waals surface area contributed by atoms with Gasteiger partial charge in [-0.15, -0.1) is 0 Å². The van der Waals surface area contributed by atoms with E-state index in [1.54, 1.807) is 6.92 Å². The predicted molar refractivity (Wildman–Crippen MR) is 136 cm³/mol. The largest absolute Gasteiger partial charge is 0.485 e. The Kier molecular flexibility index (Phi) is 8.10. The standard InChI is InChI=1S/C25H21ClF6N2O3S2/c1-23(10-11-33-14-23)37-21-12-16(4-8-19(21)25(30,31)32)34-39(35,36)22-9-7-18(13-20(22)26)38-17-5-2-15(3-6-17)24(27,28)29/h2-9,12-13,33-34H,10-11,14H2,1H3/t23-/m1/s1. The van der Waals surface area contributed by atoms with Crippen LogP contribution in [0.25, 0.3) is 0 Å². The number of nitrogens with one attached hydrogen (secondary N) is 2. The highest BCUT2D eigenvalue weighted by Crippen LogP contribution is 2.41. The zero-order valence-corrected chi connectivity index (χ0v) is 22.5. The van der Waals surface area contributed by atoms with Crippen molar-refractivity contribution in [1.29, 1.82) is 0 Å². The van der Waals surface area contributed by atoms with Crippen LogP contribution in [0.3, 0.4) is 0 Å². The quantitative estimate of drug-likeness (QED) is 0.272. The molecule has 1 atom stereocenters. The molecule has 5 nitrogen and oxygen atoms in total. The molecular formula is C25H21ClF6N2O3S2. The second-order valence-corrected chi connectivity index (χ2v) is 12.2. The molecule has 1 saturated heterocycles. The first-order valence-electron chi connectivity index (χ1n) is 11.3. The molecule has 2 N–H and O–H groups in total. The van der Waals surface area contributed by atoms with Crippen molar-refractivity contribution in [3.05, 3.63) is 76.8 Å². The average molecular weight is 611 g/mol.